The van der Waals surface area contributed by atoms with E-state index in [0.29, 0.717) is 12.5 Å². The predicted molar refractivity (Wildman–Crippen MR) is 64.8 cm³/mol. The number of hydrogen-bond acceptors (Lipinski definition) is 2. The molecule has 0 aliphatic heterocycles. The lowest BCUT2D eigenvalue weighted by atomic mass is 10.1. The quantitative estimate of drug-likeness (QED) is 0.842. The smallest absolute Gasteiger partial charge is 0.227 e. The normalized spacial score (nSPS) is 16.6. The summed E-state index contributed by atoms with van der Waals surface area (Å²) in [6.07, 6.45) is 2.20. The zero-order valence-electron chi connectivity index (χ0n) is 9.87. The molecular weight excluding hydrogens is 219 g/mol. The highest BCUT2D eigenvalue weighted by molar-refractivity contribution is 5.92. The van der Waals surface area contributed by atoms with Crippen LogP contribution in [0.3, 0.4) is 0 Å². The van der Waals surface area contributed by atoms with Gasteiger partial charge in [-0.2, -0.15) is 0 Å². The van der Waals surface area contributed by atoms with Gasteiger partial charge in [0.2, 0.25) is 5.91 Å². The topological polar surface area (TPSA) is 55.1 Å². The Hall–Kier alpha value is -1.42. The molecule has 0 heterocycles. The molecule has 1 aliphatic rings. The van der Waals surface area contributed by atoms with Crippen LogP contribution in [0.1, 0.15) is 25.3 Å². The van der Waals surface area contributed by atoms with Crippen molar-refractivity contribution in [3.63, 3.8) is 0 Å². The average Bonchev–Trinajstić information content (AvgIpc) is 3.14. The number of carbonyl (C=O) groups excluding carboxylic acids is 1. The van der Waals surface area contributed by atoms with Crippen molar-refractivity contribution in [2.75, 3.05) is 5.32 Å². The number of anilines is 1. The molecule has 0 radical (unpaired) electrons. The van der Waals surface area contributed by atoms with E-state index >= 15 is 0 Å². The van der Waals surface area contributed by atoms with Gasteiger partial charge in [0.1, 0.15) is 5.82 Å². The van der Waals surface area contributed by atoms with E-state index in [1.54, 1.807) is 12.1 Å². The molecule has 1 saturated carbocycles. The van der Waals surface area contributed by atoms with Crippen LogP contribution in [0.2, 0.25) is 0 Å². The molecule has 1 aromatic rings. The first-order valence-corrected chi connectivity index (χ1v) is 5.91. The van der Waals surface area contributed by atoms with Gasteiger partial charge in [0.05, 0.1) is 5.69 Å². The molecule has 0 spiro atoms. The summed E-state index contributed by atoms with van der Waals surface area (Å²) in [5, 5.41) is 2.63. The Balaban J connectivity index is 2.04. The lowest BCUT2D eigenvalue weighted by Gasteiger charge is -2.12. The van der Waals surface area contributed by atoms with Crippen molar-refractivity contribution in [1.29, 1.82) is 0 Å². The highest BCUT2D eigenvalue weighted by Crippen LogP contribution is 2.37. The lowest BCUT2D eigenvalue weighted by Crippen LogP contribution is -2.22. The van der Waals surface area contributed by atoms with E-state index in [9.17, 15) is 9.18 Å². The van der Waals surface area contributed by atoms with Crippen LogP contribution in [0.5, 0.6) is 0 Å². The fourth-order valence-electron chi connectivity index (χ4n) is 1.84. The van der Waals surface area contributed by atoms with Crippen molar-refractivity contribution in [3.05, 3.63) is 29.6 Å². The first-order chi connectivity index (χ1) is 8.11. The molecule has 3 N–H and O–H groups in total. The molecule has 1 atom stereocenters. The van der Waals surface area contributed by atoms with Gasteiger partial charge in [-0.1, -0.05) is 13.0 Å². The zero-order chi connectivity index (χ0) is 12.4. The SMILES string of the molecule is CC(C(=O)Nc1ccc(CN)cc1F)C1CC1. The number of hydrogen-bond donors (Lipinski definition) is 2. The maximum absolute atomic E-state index is 13.6. The van der Waals surface area contributed by atoms with E-state index in [1.807, 2.05) is 6.92 Å². The summed E-state index contributed by atoms with van der Waals surface area (Å²) < 4.78 is 13.6. The molecule has 1 fully saturated rings. The fourth-order valence-corrected chi connectivity index (χ4v) is 1.84. The molecule has 3 nitrogen and oxygen atoms in total. The van der Waals surface area contributed by atoms with Crippen molar-refractivity contribution in [3.8, 4) is 0 Å². The van der Waals surface area contributed by atoms with E-state index < -0.39 is 5.82 Å². The van der Waals surface area contributed by atoms with Crippen LogP contribution in [-0.2, 0) is 11.3 Å². The summed E-state index contributed by atoms with van der Waals surface area (Å²) >= 11 is 0. The van der Waals surface area contributed by atoms with Gasteiger partial charge in [-0.15, -0.1) is 0 Å². The van der Waals surface area contributed by atoms with E-state index in [1.165, 1.54) is 6.07 Å². The fraction of sp³-hybridized carbons (Fsp3) is 0.462. The Morgan fingerprint density at radius 3 is 2.82 bits per heavy atom. The Labute approximate surface area is 100 Å². The van der Waals surface area contributed by atoms with Gasteiger partial charge in [0.15, 0.2) is 0 Å². The summed E-state index contributed by atoms with van der Waals surface area (Å²) in [6, 6.07) is 4.65. The lowest BCUT2D eigenvalue weighted by molar-refractivity contribution is -0.119. The van der Waals surface area contributed by atoms with Crippen LogP contribution in [0.25, 0.3) is 0 Å². The van der Waals surface area contributed by atoms with Crippen LogP contribution in [0, 0.1) is 17.7 Å². The number of nitrogens with two attached hydrogens (primary N) is 1. The molecule has 1 aliphatic carbocycles. The van der Waals surface area contributed by atoms with Gasteiger partial charge in [0.25, 0.3) is 0 Å². The van der Waals surface area contributed by atoms with E-state index in [2.05, 4.69) is 5.32 Å². The summed E-state index contributed by atoms with van der Waals surface area (Å²) in [4.78, 5) is 11.8. The number of nitrogens with one attached hydrogen (secondary N) is 1. The van der Waals surface area contributed by atoms with E-state index in [0.717, 1.165) is 18.4 Å². The van der Waals surface area contributed by atoms with Gasteiger partial charge >= 0.3 is 0 Å². The minimum absolute atomic E-state index is 0.0383. The van der Waals surface area contributed by atoms with E-state index in [-0.39, 0.29) is 17.5 Å². The molecular formula is C13H17FN2O. The second kappa shape index (κ2) is 4.84. The molecule has 0 bridgehead atoms. The van der Waals surface area contributed by atoms with Crippen molar-refractivity contribution in [2.45, 2.75) is 26.3 Å². The van der Waals surface area contributed by atoms with Gasteiger partial charge in [0, 0.05) is 12.5 Å². The van der Waals surface area contributed by atoms with Crippen molar-refractivity contribution >= 4 is 11.6 Å². The maximum Gasteiger partial charge on any atom is 0.227 e. The molecule has 4 heteroatoms. The Morgan fingerprint density at radius 1 is 1.59 bits per heavy atom. The zero-order valence-corrected chi connectivity index (χ0v) is 9.87. The van der Waals surface area contributed by atoms with Crippen molar-refractivity contribution in [1.82, 2.24) is 0 Å². The molecule has 0 saturated heterocycles. The number of benzene rings is 1. The van der Waals surface area contributed by atoms with Crippen molar-refractivity contribution < 1.29 is 9.18 Å². The van der Waals surface area contributed by atoms with Gasteiger partial charge in [-0.05, 0) is 36.5 Å². The van der Waals surface area contributed by atoms with Crippen LogP contribution >= 0.6 is 0 Å². The minimum atomic E-state index is -0.427. The third kappa shape index (κ3) is 2.82. The highest BCUT2D eigenvalue weighted by atomic mass is 19.1. The second-order valence-electron chi connectivity index (χ2n) is 4.63. The molecule has 0 aromatic heterocycles. The summed E-state index contributed by atoms with van der Waals surface area (Å²) in [7, 11) is 0. The largest absolute Gasteiger partial charge is 0.326 e. The van der Waals surface area contributed by atoms with Crippen LogP contribution in [-0.4, -0.2) is 5.91 Å². The maximum atomic E-state index is 13.6. The molecule has 1 amide bonds. The molecule has 1 aromatic carbocycles. The molecule has 1 unspecified atom stereocenters. The van der Waals surface area contributed by atoms with Crippen LogP contribution in [0.15, 0.2) is 18.2 Å². The number of amides is 1. The summed E-state index contributed by atoms with van der Waals surface area (Å²) in [5.41, 5.74) is 6.37. The molecule has 2 rings (SSSR count). The van der Waals surface area contributed by atoms with Gasteiger partial charge in [-0.3, -0.25) is 4.79 Å². The summed E-state index contributed by atoms with van der Waals surface area (Å²) in [6.45, 7) is 2.18. The Morgan fingerprint density at radius 2 is 2.29 bits per heavy atom. The molecule has 17 heavy (non-hydrogen) atoms. The minimum Gasteiger partial charge on any atom is -0.326 e. The van der Waals surface area contributed by atoms with Gasteiger partial charge < -0.3 is 11.1 Å². The van der Waals surface area contributed by atoms with Crippen LogP contribution in [0.4, 0.5) is 10.1 Å². The van der Waals surface area contributed by atoms with Gasteiger partial charge in [-0.25, -0.2) is 4.39 Å². The standard InChI is InChI=1S/C13H17FN2O/c1-8(10-3-4-10)13(17)16-12-5-2-9(7-15)6-11(12)14/h2,5-6,8,10H,3-4,7,15H2,1H3,(H,16,17). The highest BCUT2D eigenvalue weighted by Gasteiger charge is 2.32. The van der Waals surface area contributed by atoms with E-state index in [4.69, 9.17) is 5.73 Å². The number of carbonyl (C=O) groups is 1. The first-order valence-electron chi connectivity index (χ1n) is 5.91. The Kier molecular flexibility index (Phi) is 3.43. The van der Waals surface area contributed by atoms with Crippen LogP contribution < -0.4 is 11.1 Å². The number of rotatable bonds is 4. The Bertz CT molecular complexity index is 429. The summed E-state index contributed by atoms with van der Waals surface area (Å²) in [5.74, 6) is -0.0962. The first kappa shape index (κ1) is 12.0. The monoisotopic (exact) mass is 236 g/mol. The van der Waals surface area contributed by atoms with Crippen molar-refractivity contribution in [2.24, 2.45) is 17.6 Å². The third-order valence-electron chi connectivity index (χ3n) is 3.27. The third-order valence-corrected chi connectivity index (χ3v) is 3.27. The predicted octanol–water partition coefficient (Wildman–Crippen LogP) is 2.27. The number of halogens is 1. The average molecular weight is 236 g/mol. The molecule has 92 valence electrons. The second-order valence-corrected chi connectivity index (χ2v) is 4.63.